The van der Waals surface area contributed by atoms with Crippen LogP contribution < -0.4 is 0 Å². The molecule has 1 unspecified atom stereocenters. The van der Waals surface area contributed by atoms with E-state index in [0.717, 1.165) is 12.8 Å². The van der Waals surface area contributed by atoms with E-state index in [-0.39, 0.29) is 5.97 Å². The van der Waals surface area contributed by atoms with Crippen LogP contribution in [0.1, 0.15) is 39.5 Å². The maximum Gasteiger partial charge on any atom is 0.330 e. The summed E-state index contributed by atoms with van der Waals surface area (Å²) in [6.07, 6.45) is 5.85. The van der Waals surface area contributed by atoms with E-state index in [9.17, 15) is 4.79 Å². The summed E-state index contributed by atoms with van der Waals surface area (Å²) in [7, 11) is 0. The number of ether oxygens (including phenoxy) is 1. The maximum atomic E-state index is 10.8. The molecule has 0 aliphatic carbocycles. The van der Waals surface area contributed by atoms with Gasteiger partial charge in [-0.2, -0.15) is 0 Å². The molecule has 0 saturated carbocycles. The molecule has 2 nitrogen and oxygen atoms in total. The van der Waals surface area contributed by atoms with Crippen molar-refractivity contribution in [1.82, 2.24) is 0 Å². The monoisotopic (exact) mass is 246 g/mol. The van der Waals surface area contributed by atoms with Gasteiger partial charge in [0.2, 0.25) is 0 Å². The normalized spacial score (nSPS) is 10.7. The summed E-state index contributed by atoms with van der Waals surface area (Å²) in [5.74, 6) is 0.207. The van der Waals surface area contributed by atoms with Crippen molar-refractivity contribution in [1.29, 1.82) is 0 Å². The highest BCUT2D eigenvalue weighted by Crippen LogP contribution is 2.12. The first-order valence-corrected chi connectivity index (χ1v) is 6.10. The highest BCUT2D eigenvalue weighted by atomic mass is 35.5. The average Bonchev–Trinajstić information content (AvgIpc) is 2.30. The molecule has 1 atom stereocenters. The summed E-state index contributed by atoms with van der Waals surface area (Å²) in [5, 5.41) is 0. The number of esters is 1. The van der Waals surface area contributed by atoms with Crippen LogP contribution >= 0.6 is 11.6 Å². The lowest BCUT2D eigenvalue weighted by molar-refractivity contribution is -0.139. The Morgan fingerprint density at radius 2 is 2.00 bits per heavy atom. The van der Waals surface area contributed by atoms with Crippen molar-refractivity contribution in [2.45, 2.75) is 39.5 Å². The van der Waals surface area contributed by atoms with Gasteiger partial charge in [0.15, 0.2) is 0 Å². The van der Waals surface area contributed by atoms with Crippen LogP contribution in [0.2, 0.25) is 0 Å². The largest absolute Gasteiger partial charge is 0.462 e. The number of carbonyl (C=O) groups excluding carboxylic acids is 1. The first-order valence-electron chi connectivity index (χ1n) is 5.66. The lowest BCUT2D eigenvalue weighted by atomic mass is 10.0. The van der Waals surface area contributed by atoms with Crippen LogP contribution in [0.4, 0.5) is 0 Å². The van der Waals surface area contributed by atoms with Crippen molar-refractivity contribution < 1.29 is 9.53 Å². The van der Waals surface area contributed by atoms with E-state index in [1.54, 1.807) is 0 Å². The van der Waals surface area contributed by atoms with E-state index in [4.69, 9.17) is 16.3 Å². The average molecular weight is 247 g/mol. The summed E-state index contributed by atoms with van der Waals surface area (Å²) >= 11 is 4.76. The number of unbranched alkanes of at least 4 members (excludes halogenated alkanes) is 1. The molecule has 0 amide bonds. The van der Waals surface area contributed by atoms with Crippen molar-refractivity contribution in [2.24, 2.45) is 5.92 Å². The fourth-order valence-electron chi connectivity index (χ4n) is 1.16. The Morgan fingerprint density at radius 1 is 1.44 bits per heavy atom. The van der Waals surface area contributed by atoms with Gasteiger partial charge in [0, 0.05) is 6.08 Å². The highest BCUT2D eigenvalue weighted by Gasteiger charge is 2.07. The molecule has 0 radical (unpaired) electrons. The summed E-state index contributed by atoms with van der Waals surface area (Å²) in [5.41, 5.74) is 1.22. The van der Waals surface area contributed by atoms with E-state index < -0.39 is 0 Å². The molecule has 0 heterocycles. The predicted molar refractivity (Wildman–Crippen MR) is 70.5 cm³/mol. The van der Waals surface area contributed by atoms with Gasteiger partial charge in [0.25, 0.3) is 0 Å². The molecule has 0 spiro atoms. The first-order chi connectivity index (χ1) is 7.65. The van der Waals surface area contributed by atoms with E-state index in [1.165, 1.54) is 24.5 Å². The quantitative estimate of drug-likeness (QED) is 0.495. The Kier molecular flexibility index (Phi) is 15.7. The second kappa shape index (κ2) is 14.2. The molecule has 0 N–H and O–H groups in total. The van der Waals surface area contributed by atoms with E-state index in [1.807, 2.05) is 0 Å². The number of hydrogen-bond donors (Lipinski definition) is 0. The van der Waals surface area contributed by atoms with Gasteiger partial charge in [0.05, 0.1) is 6.61 Å². The van der Waals surface area contributed by atoms with Crippen LogP contribution in [0.5, 0.6) is 0 Å². The van der Waals surface area contributed by atoms with Crippen molar-refractivity contribution in [3.8, 4) is 0 Å². The van der Waals surface area contributed by atoms with Gasteiger partial charge in [-0.1, -0.05) is 57.9 Å². The fraction of sp³-hybridized carbons (Fsp3) is 0.615. The van der Waals surface area contributed by atoms with Gasteiger partial charge in [-0.05, 0) is 17.9 Å². The second-order valence-corrected chi connectivity index (χ2v) is 3.71. The molecule has 0 aliphatic heterocycles. The van der Waals surface area contributed by atoms with Gasteiger partial charge in [-0.25, -0.2) is 4.79 Å². The fourth-order valence-corrected chi connectivity index (χ4v) is 1.16. The zero-order valence-corrected chi connectivity index (χ0v) is 11.1. The minimum atomic E-state index is -0.310. The van der Waals surface area contributed by atoms with Crippen LogP contribution in [0, 0.1) is 5.92 Å². The molecule has 3 heteroatoms. The second-order valence-electron chi connectivity index (χ2n) is 3.40. The molecule has 0 saturated heterocycles. The van der Waals surface area contributed by atoms with Crippen molar-refractivity contribution in [3.05, 3.63) is 24.8 Å². The van der Waals surface area contributed by atoms with Crippen LogP contribution in [0.15, 0.2) is 24.8 Å². The zero-order chi connectivity index (χ0) is 12.8. The van der Waals surface area contributed by atoms with Crippen molar-refractivity contribution >= 4 is 17.6 Å². The molecule has 0 aromatic rings. The molecule has 0 aliphatic rings. The van der Waals surface area contributed by atoms with Crippen LogP contribution in [0.25, 0.3) is 0 Å². The Balaban J connectivity index is 0. The topological polar surface area (TPSA) is 26.3 Å². The Hall–Kier alpha value is -0.760. The molecule has 0 bridgehead atoms. The Morgan fingerprint density at radius 3 is 2.38 bits per heavy atom. The molecule has 0 rings (SSSR count). The lowest BCUT2D eigenvalue weighted by Gasteiger charge is -2.13. The van der Waals surface area contributed by atoms with Gasteiger partial charge in [-0.3, -0.25) is 0 Å². The molecule has 94 valence electrons. The van der Waals surface area contributed by atoms with Gasteiger partial charge in [0.1, 0.15) is 0 Å². The number of rotatable bonds is 7. The number of halogens is 1. The van der Waals surface area contributed by atoms with Gasteiger partial charge < -0.3 is 4.74 Å². The summed E-state index contributed by atoms with van der Waals surface area (Å²) in [6, 6.07) is 0. The maximum absolute atomic E-state index is 10.8. The third-order valence-corrected chi connectivity index (χ3v) is 2.17. The summed E-state index contributed by atoms with van der Waals surface area (Å²) in [4.78, 5) is 10.8. The molecule has 0 fully saturated rings. The highest BCUT2D eigenvalue weighted by molar-refractivity contribution is 6.25. The van der Waals surface area contributed by atoms with E-state index in [0.29, 0.717) is 12.5 Å². The third-order valence-electron chi connectivity index (χ3n) is 2.17. The Bertz CT molecular complexity index is 190. The lowest BCUT2D eigenvalue weighted by Crippen LogP contribution is -2.12. The summed E-state index contributed by atoms with van der Waals surface area (Å²) < 4.78 is 4.98. The number of carbonyl (C=O) groups is 1. The molecule has 0 aromatic carbocycles. The Labute approximate surface area is 104 Å². The van der Waals surface area contributed by atoms with Crippen LogP contribution in [-0.4, -0.2) is 12.6 Å². The minimum absolute atomic E-state index is 0.310. The first kappa shape index (κ1) is 17.6. The smallest absolute Gasteiger partial charge is 0.330 e. The van der Waals surface area contributed by atoms with Crippen LogP contribution in [-0.2, 0) is 9.53 Å². The minimum Gasteiger partial charge on any atom is -0.462 e. The van der Waals surface area contributed by atoms with E-state index >= 15 is 0 Å². The molecule has 0 aromatic heterocycles. The predicted octanol–water partition coefficient (Wildman–Crippen LogP) is 4.30. The SMILES string of the molecule is C=CC(=O)OCC(CC)CCCC.C=CCl. The number of hydrogen-bond acceptors (Lipinski definition) is 2. The third kappa shape index (κ3) is 13.2. The molecule has 16 heavy (non-hydrogen) atoms. The molecular formula is C13H23ClO2. The molecular weight excluding hydrogens is 224 g/mol. The van der Waals surface area contributed by atoms with Crippen LogP contribution in [0.3, 0.4) is 0 Å². The summed E-state index contributed by atoms with van der Waals surface area (Å²) in [6.45, 7) is 11.3. The van der Waals surface area contributed by atoms with Gasteiger partial charge >= 0.3 is 5.97 Å². The van der Waals surface area contributed by atoms with E-state index in [2.05, 4.69) is 27.0 Å². The van der Waals surface area contributed by atoms with Crippen molar-refractivity contribution in [2.75, 3.05) is 6.61 Å². The standard InChI is InChI=1S/C11H20O2.C2H3Cl/c1-4-7-8-10(5-2)9-13-11(12)6-3;1-2-3/h6,10H,3-5,7-9H2,1-2H3;2H,1H2. The van der Waals surface area contributed by atoms with Crippen molar-refractivity contribution in [3.63, 3.8) is 0 Å². The van der Waals surface area contributed by atoms with Gasteiger partial charge in [-0.15, -0.1) is 0 Å². The zero-order valence-electron chi connectivity index (χ0n) is 10.4.